The molecule has 2 N–H and O–H groups in total. The number of rotatable bonds is 2. The van der Waals surface area contributed by atoms with Gasteiger partial charge in [-0.1, -0.05) is 12.1 Å². The molecule has 0 atom stereocenters. The first-order valence-electron chi connectivity index (χ1n) is 5.31. The minimum atomic E-state index is -0.0361. The van der Waals surface area contributed by atoms with Crippen LogP contribution < -0.4 is 10.6 Å². The summed E-state index contributed by atoms with van der Waals surface area (Å²) in [7, 11) is 0. The third-order valence-electron chi connectivity index (χ3n) is 2.61. The molecule has 0 fully saturated rings. The van der Waals surface area contributed by atoms with Gasteiger partial charge in [0.05, 0.1) is 0 Å². The number of amides is 2. The summed E-state index contributed by atoms with van der Waals surface area (Å²) < 4.78 is 0. The fourth-order valence-corrected chi connectivity index (χ4v) is 1.77. The van der Waals surface area contributed by atoms with E-state index in [1.54, 1.807) is 0 Å². The molecule has 0 unspecified atom stereocenters. The Hall–Kier alpha value is -1.84. The van der Waals surface area contributed by atoms with Crippen molar-refractivity contribution in [1.82, 2.24) is 5.32 Å². The molecule has 2 amide bonds. The van der Waals surface area contributed by atoms with Gasteiger partial charge in [0.25, 0.3) is 0 Å². The van der Waals surface area contributed by atoms with Crippen LogP contribution in [0.5, 0.6) is 0 Å². The fraction of sp³-hybridized carbons (Fsp3) is 0.333. The van der Waals surface area contributed by atoms with Gasteiger partial charge in [0.1, 0.15) is 0 Å². The van der Waals surface area contributed by atoms with Crippen molar-refractivity contribution in [3.05, 3.63) is 29.3 Å². The predicted molar refractivity (Wildman–Crippen MR) is 60.9 cm³/mol. The molecule has 1 aromatic rings. The van der Waals surface area contributed by atoms with Crippen LogP contribution in [0.25, 0.3) is 0 Å². The largest absolute Gasteiger partial charge is 0.352 e. The van der Waals surface area contributed by atoms with Crippen LogP contribution in [0, 0.1) is 0 Å². The maximum Gasteiger partial charge on any atom is 0.224 e. The molecule has 0 saturated carbocycles. The molecular formula is C12H14N2O2. The summed E-state index contributed by atoms with van der Waals surface area (Å²) in [6, 6.07) is 5.84. The van der Waals surface area contributed by atoms with Crippen molar-refractivity contribution < 1.29 is 9.59 Å². The smallest absolute Gasteiger partial charge is 0.224 e. The molecule has 0 aliphatic carbocycles. The topological polar surface area (TPSA) is 58.2 Å². The van der Waals surface area contributed by atoms with Gasteiger partial charge in [0.15, 0.2) is 0 Å². The van der Waals surface area contributed by atoms with E-state index in [1.165, 1.54) is 6.92 Å². The maximum atomic E-state index is 11.2. The zero-order valence-electron chi connectivity index (χ0n) is 9.17. The molecule has 4 heteroatoms. The van der Waals surface area contributed by atoms with Crippen molar-refractivity contribution in [2.24, 2.45) is 0 Å². The van der Waals surface area contributed by atoms with Crippen LogP contribution in [0.15, 0.2) is 18.2 Å². The molecule has 0 spiro atoms. The lowest BCUT2D eigenvalue weighted by Gasteiger charge is -2.17. The van der Waals surface area contributed by atoms with Gasteiger partial charge in [-0.15, -0.1) is 0 Å². The van der Waals surface area contributed by atoms with Gasteiger partial charge >= 0.3 is 0 Å². The number of carbonyl (C=O) groups is 2. The van der Waals surface area contributed by atoms with Gasteiger partial charge in [-0.05, 0) is 23.6 Å². The van der Waals surface area contributed by atoms with Crippen LogP contribution in [0.1, 0.15) is 24.5 Å². The molecule has 2 rings (SSSR count). The lowest BCUT2D eigenvalue weighted by atomic mass is 10.0. The third-order valence-corrected chi connectivity index (χ3v) is 2.61. The second-order valence-corrected chi connectivity index (χ2v) is 3.95. The minimum absolute atomic E-state index is 0.0361. The van der Waals surface area contributed by atoms with E-state index in [4.69, 9.17) is 0 Å². The van der Waals surface area contributed by atoms with Gasteiger partial charge in [0, 0.05) is 25.6 Å². The number of fused-ring (bicyclic) bond motifs is 1. The average Bonchev–Trinajstić information content (AvgIpc) is 2.26. The first-order chi connectivity index (χ1) is 7.65. The Morgan fingerprint density at radius 1 is 1.44 bits per heavy atom. The molecule has 16 heavy (non-hydrogen) atoms. The monoisotopic (exact) mass is 218 g/mol. The summed E-state index contributed by atoms with van der Waals surface area (Å²) in [4.78, 5) is 21.9. The molecule has 1 heterocycles. The highest BCUT2D eigenvalue weighted by Crippen LogP contribution is 2.23. The fourth-order valence-electron chi connectivity index (χ4n) is 1.77. The van der Waals surface area contributed by atoms with Gasteiger partial charge in [-0.2, -0.15) is 0 Å². The van der Waals surface area contributed by atoms with E-state index >= 15 is 0 Å². The van der Waals surface area contributed by atoms with Crippen LogP contribution in [-0.4, -0.2) is 11.8 Å². The Balaban J connectivity index is 2.13. The third kappa shape index (κ3) is 2.39. The summed E-state index contributed by atoms with van der Waals surface area (Å²) in [5.74, 6) is 0.0353. The summed E-state index contributed by atoms with van der Waals surface area (Å²) >= 11 is 0. The number of benzene rings is 1. The van der Waals surface area contributed by atoms with Crippen molar-refractivity contribution in [2.75, 3.05) is 5.32 Å². The molecule has 1 aromatic carbocycles. The lowest BCUT2D eigenvalue weighted by molar-refractivity contribution is -0.119. The summed E-state index contributed by atoms with van der Waals surface area (Å²) in [5.41, 5.74) is 3.09. The quantitative estimate of drug-likeness (QED) is 0.783. The van der Waals surface area contributed by atoms with Crippen molar-refractivity contribution in [3.8, 4) is 0 Å². The van der Waals surface area contributed by atoms with Crippen LogP contribution >= 0.6 is 0 Å². The highest BCUT2D eigenvalue weighted by atomic mass is 16.2. The predicted octanol–water partition coefficient (Wildman–Crippen LogP) is 1.21. The van der Waals surface area contributed by atoms with E-state index in [2.05, 4.69) is 10.6 Å². The molecule has 0 radical (unpaired) electrons. The summed E-state index contributed by atoms with van der Waals surface area (Å²) in [6.45, 7) is 2.04. The summed E-state index contributed by atoms with van der Waals surface area (Å²) in [5, 5.41) is 5.58. The molecule has 0 saturated heterocycles. The van der Waals surface area contributed by atoms with Crippen LogP contribution in [0.3, 0.4) is 0 Å². The Kier molecular flexibility index (Phi) is 2.90. The van der Waals surface area contributed by atoms with E-state index < -0.39 is 0 Å². The number of nitrogens with one attached hydrogen (secondary N) is 2. The first-order valence-corrected chi connectivity index (χ1v) is 5.31. The van der Waals surface area contributed by atoms with Gasteiger partial charge in [-0.3, -0.25) is 9.59 Å². The molecule has 84 valence electrons. The molecule has 1 aliphatic heterocycles. The van der Waals surface area contributed by atoms with Crippen molar-refractivity contribution in [1.29, 1.82) is 0 Å². The van der Waals surface area contributed by atoms with E-state index in [0.29, 0.717) is 13.0 Å². The number of anilines is 1. The molecule has 4 nitrogen and oxygen atoms in total. The standard InChI is InChI=1S/C12H14N2O2/c1-8(15)13-7-9-2-4-11-10(6-9)3-5-12(16)14-11/h2,4,6H,3,5,7H2,1H3,(H,13,15)(H,14,16). The van der Waals surface area contributed by atoms with Crippen molar-refractivity contribution in [2.45, 2.75) is 26.3 Å². The van der Waals surface area contributed by atoms with E-state index in [-0.39, 0.29) is 11.8 Å². The number of carbonyl (C=O) groups excluding carboxylic acids is 2. The molecule has 0 aromatic heterocycles. The molecule has 1 aliphatic rings. The highest BCUT2D eigenvalue weighted by Gasteiger charge is 2.14. The number of hydrogen-bond donors (Lipinski definition) is 2. The minimum Gasteiger partial charge on any atom is -0.352 e. The van der Waals surface area contributed by atoms with Crippen LogP contribution in [-0.2, 0) is 22.6 Å². The Bertz CT molecular complexity index is 441. The Labute approximate surface area is 94.0 Å². The van der Waals surface area contributed by atoms with Gasteiger partial charge < -0.3 is 10.6 Å². The highest BCUT2D eigenvalue weighted by molar-refractivity contribution is 5.93. The average molecular weight is 218 g/mol. The SMILES string of the molecule is CC(=O)NCc1ccc2c(c1)CCC(=O)N2. The Morgan fingerprint density at radius 3 is 3.00 bits per heavy atom. The van der Waals surface area contributed by atoms with E-state index in [9.17, 15) is 9.59 Å². The normalized spacial score (nSPS) is 13.9. The van der Waals surface area contributed by atoms with Crippen LogP contribution in [0.2, 0.25) is 0 Å². The Morgan fingerprint density at radius 2 is 2.25 bits per heavy atom. The van der Waals surface area contributed by atoms with E-state index in [1.807, 2.05) is 18.2 Å². The van der Waals surface area contributed by atoms with Gasteiger partial charge in [0.2, 0.25) is 11.8 Å². The van der Waals surface area contributed by atoms with Crippen molar-refractivity contribution in [3.63, 3.8) is 0 Å². The number of hydrogen-bond acceptors (Lipinski definition) is 2. The zero-order valence-corrected chi connectivity index (χ0v) is 9.17. The molecular weight excluding hydrogens is 204 g/mol. The zero-order chi connectivity index (χ0) is 11.5. The van der Waals surface area contributed by atoms with Crippen LogP contribution in [0.4, 0.5) is 5.69 Å². The second-order valence-electron chi connectivity index (χ2n) is 3.95. The maximum absolute atomic E-state index is 11.2. The van der Waals surface area contributed by atoms with Gasteiger partial charge in [-0.25, -0.2) is 0 Å². The second kappa shape index (κ2) is 4.35. The first kappa shape index (κ1) is 10.7. The van der Waals surface area contributed by atoms with E-state index in [0.717, 1.165) is 23.2 Å². The van der Waals surface area contributed by atoms with Crippen molar-refractivity contribution >= 4 is 17.5 Å². The summed E-state index contributed by atoms with van der Waals surface area (Å²) in [6.07, 6.45) is 1.31. The number of aryl methyl sites for hydroxylation is 1. The molecule has 0 bridgehead atoms. The lowest BCUT2D eigenvalue weighted by Crippen LogP contribution is -2.21.